The van der Waals surface area contributed by atoms with Crippen molar-refractivity contribution in [2.45, 2.75) is 12.7 Å². The maximum atomic E-state index is 12.7. The van der Waals surface area contributed by atoms with Crippen LogP contribution < -0.4 is 0 Å². The van der Waals surface area contributed by atoms with Crippen LogP contribution in [0.15, 0.2) is 18.2 Å². The number of thioether (sulfide) groups is 1. The van der Waals surface area contributed by atoms with Gasteiger partial charge in [0.2, 0.25) is 0 Å². The monoisotopic (exact) mass is 194 g/mol. The molecule has 0 unspecified atom stereocenters. The van der Waals surface area contributed by atoms with Crippen LogP contribution in [0.25, 0.3) is 0 Å². The lowest BCUT2D eigenvalue weighted by atomic mass is 10.1. The zero-order valence-corrected chi connectivity index (χ0v) is 8.33. The molecule has 68 valence electrons. The van der Waals surface area contributed by atoms with Crippen LogP contribution in [0.2, 0.25) is 0 Å². The van der Waals surface area contributed by atoms with E-state index >= 15 is 0 Å². The van der Waals surface area contributed by atoms with Crippen LogP contribution in [0, 0.1) is 25.1 Å². The maximum absolute atomic E-state index is 12.7. The Morgan fingerprint density at radius 2 is 2.31 bits per heavy atom. The Morgan fingerprint density at radius 3 is 2.92 bits per heavy atom. The second-order valence-corrected chi connectivity index (χ2v) is 3.75. The molecule has 2 heteroatoms. The maximum Gasteiger partial charge on any atom is 0.123 e. The fourth-order valence-electron chi connectivity index (χ4n) is 1.04. The van der Waals surface area contributed by atoms with Crippen LogP contribution in [-0.2, 0) is 5.75 Å². The number of hydrogen-bond donors (Lipinski definition) is 0. The van der Waals surface area contributed by atoms with E-state index in [1.807, 2.05) is 13.0 Å². The highest BCUT2D eigenvalue weighted by atomic mass is 32.2. The molecule has 13 heavy (non-hydrogen) atoms. The second-order valence-electron chi connectivity index (χ2n) is 2.77. The van der Waals surface area contributed by atoms with E-state index in [9.17, 15) is 4.39 Å². The Balaban J connectivity index is 2.62. The van der Waals surface area contributed by atoms with Gasteiger partial charge >= 0.3 is 0 Å². The first kappa shape index (κ1) is 10.1. The van der Waals surface area contributed by atoms with Crippen LogP contribution in [-0.4, -0.2) is 5.75 Å². The first-order chi connectivity index (χ1) is 6.24. The molecule has 0 aromatic heterocycles. The van der Waals surface area contributed by atoms with Crippen LogP contribution in [0.4, 0.5) is 4.39 Å². The minimum Gasteiger partial charge on any atom is -0.207 e. The lowest BCUT2D eigenvalue weighted by Crippen LogP contribution is -1.88. The van der Waals surface area contributed by atoms with Gasteiger partial charge in [-0.25, -0.2) is 4.39 Å². The number of aryl methyl sites for hydroxylation is 1. The van der Waals surface area contributed by atoms with Gasteiger partial charge in [-0.15, -0.1) is 18.2 Å². The van der Waals surface area contributed by atoms with E-state index < -0.39 is 0 Å². The van der Waals surface area contributed by atoms with Gasteiger partial charge in [0, 0.05) is 5.75 Å². The van der Waals surface area contributed by atoms with Crippen molar-refractivity contribution in [1.82, 2.24) is 0 Å². The van der Waals surface area contributed by atoms with Gasteiger partial charge < -0.3 is 0 Å². The molecule has 0 nitrogen and oxygen atoms in total. The van der Waals surface area contributed by atoms with E-state index in [1.54, 1.807) is 17.8 Å². The molecule has 0 radical (unpaired) electrons. The number of rotatable bonds is 3. The van der Waals surface area contributed by atoms with Gasteiger partial charge in [-0.1, -0.05) is 12.0 Å². The summed E-state index contributed by atoms with van der Waals surface area (Å²) in [7, 11) is 0. The average molecular weight is 194 g/mol. The van der Waals surface area contributed by atoms with Gasteiger partial charge in [-0.2, -0.15) is 0 Å². The van der Waals surface area contributed by atoms with Crippen molar-refractivity contribution in [2.24, 2.45) is 0 Å². The summed E-state index contributed by atoms with van der Waals surface area (Å²) in [6.45, 7) is 1.91. The fraction of sp³-hybridized carbons (Fsp3) is 0.273. The molecule has 1 aromatic rings. The van der Waals surface area contributed by atoms with Crippen molar-refractivity contribution in [1.29, 1.82) is 0 Å². The molecule has 0 bridgehead atoms. The SMILES string of the molecule is C#CCSCc1ccc(F)cc1C. The minimum atomic E-state index is -0.178. The smallest absolute Gasteiger partial charge is 0.123 e. The molecule has 0 heterocycles. The zero-order chi connectivity index (χ0) is 9.68. The van der Waals surface area contributed by atoms with Gasteiger partial charge in [-0.05, 0) is 30.2 Å². The lowest BCUT2D eigenvalue weighted by molar-refractivity contribution is 0.626. The molecule has 1 aromatic carbocycles. The molecule has 0 aliphatic rings. The zero-order valence-electron chi connectivity index (χ0n) is 7.51. The number of hydrogen-bond acceptors (Lipinski definition) is 1. The Hall–Kier alpha value is -0.940. The summed E-state index contributed by atoms with van der Waals surface area (Å²) in [4.78, 5) is 0. The Morgan fingerprint density at radius 1 is 1.54 bits per heavy atom. The highest BCUT2D eigenvalue weighted by Gasteiger charge is 1.99. The molecule has 1 rings (SSSR count). The molecule has 0 N–H and O–H groups in total. The molecule has 0 amide bonds. The summed E-state index contributed by atoms with van der Waals surface area (Å²) in [5.41, 5.74) is 2.14. The standard InChI is InChI=1S/C11H11FS/c1-3-6-13-8-10-4-5-11(12)7-9(10)2/h1,4-5,7H,6,8H2,2H3. The van der Waals surface area contributed by atoms with E-state index in [2.05, 4.69) is 5.92 Å². The van der Waals surface area contributed by atoms with Crippen LogP contribution >= 0.6 is 11.8 Å². The predicted octanol–water partition coefficient (Wildman–Crippen LogP) is 3.00. The molecule has 0 spiro atoms. The van der Waals surface area contributed by atoms with Gasteiger partial charge in [0.1, 0.15) is 5.82 Å². The van der Waals surface area contributed by atoms with E-state index in [4.69, 9.17) is 6.42 Å². The van der Waals surface area contributed by atoms with Gasteiger partial charge in [0.25, 0.3) is 0 Å². The van der Waals surface area contributed by atoms with Crippen molar-refractivity contribution < 1.29 is 4.39 Å². The summed E-state index contributed by atoms with van der Waals surface area (Å²) < 4.78 is 12.7. The molecular weight excluding hydrogens is 183 g/mol. The third-order valence-electron chi connectivity index (χ3n) is 1.75. The fourth-order valence-corrected chi connectivity index (χ4v) is 1.80. The molecule has 0 saturated heterocycles. The molecule has 0 saturated carbocycles. The van der Waals surface area contributed by atoms with Crippen LogP contribution in [0.1, 0.15) is 11.1 Å². The summed E-state index contributed by atoms with van der Waals surface area (Å²) in [5.74, 6) is 3.94. The Kier molecular flexibility index (Phi) is 3.85. The highest BCUT2D eigenvalue weighted by molar-refractivity contribution is 7.98. The van der Waals surface area contributed by atoms with Gasteiger partial charge in [0.15, 0.2) is 0 Å². The van der Waals surface area contributed by atoms with Gasteiger partial charge in [-0.3, -0.25) is 0 Å². The number of halogens is 1. The average Bonchev–Trinajstić information content (AvgIpc) is 2.09. The molecular formula is C11H11FS. The molecule has 0 fully saturated rings. The quantitative estimate of drug-likeness (QED) is 0.526. The van der Waals surface area contributed by atoms with E-state index in [0.29, 0.717) is 5.75 Å². The first-order valence-electron chi connectivity index (χ1n) is 4.00. The van der Waals surface area contributed by atoms with Crippen molar-refractivity contribution in [3.63, 3.8) is 0 Å². The minimum absolute atomic E-state index is 0.178. The van der Waals surface area contributed by atoms with Crippen LogP contribution in [0.5, 0.6) is 0 Å². The molecule has 0 aliphatic carbocycles. The van der Waals surface area contributed by atoms with E-state index in [-0.39, 0.29) is 5.82 Å². The van der Waals surface area contributed by atoms with E-state index in [1.165, 1.54) is 6.07 Å². The largest absolute Gasteiger partial charge is 0.207 e. The Labute approximate surface area is 82.5 Å². The highest BCUT2D eigenvalue weighted by Crippen LogP contribution is 2.16. The Bertz CT molecular complexity index is 325. The molecule has 0 aliphatic heterocycles. The van der Waals surface area contributed by atoms with Crippen molar-refractivity contribution in [2.75, 3.05) is 5.75 Å². The second kappa shape index (κ2) is 4.94. The first-order valence-corrected chi connectivity index (χ1v) is 5.15. The molecule has 0 atom stereocenters. The topological polar surface area (TPSA) is 0 Å². The number of benzene rings is 1. The third kappa shape index (κ3) is 3.12. The normalized spacial score (nSPS) is 9.62. The summed E-state index contributed by atoms with van der Waals surface area (Å²) in [6, 6.07) is 4.85. The van der Waals surface area contributed by atoms with Crippen LogP contribution in [0.3, 0.4) is 0 Å². The lowest BCUT2D eigenvalue weighted by Gasteiger charge is -2.03. The van der Waals surface area contributed by atoms with E-state index in [0.717, 1.165) is 16.9 Å². The number of terminal acetylenes is 1. The van der Waals surface area contributed by atoms with Gasteiger partial charge in [0.05, 0.1) is 5.75 Å². The predicted molar refractivity (Wildman–Crippen MR) is 56.1 cm³/mol. The van der Waals surface area contributed by atoms with Crippen molar-refractivity contribution >= 4 is 11.8 Å². The van der Waals surface area contributed by atoms with Crippen molar-refractivity contribution in [3.05, 3.63) is 35.1 Å². The summed E-state index contributed by atoms with van der Waals surface area (Å²) in [5, 5.41) is 0. The third-order valence-corrected chi connectivity index (χ3v) is 2.63. The van der Waals surface area contributed by atoms with Crippen molar-refractivity contribution in [3.8, 4) is 12.3 Å². The summed E-state index contributed by atoms with van der Waals surface area (Å²) in [6.07, 6.45) is 5.12. The summed E-state index contributed by atoms with van der Waals surface area (Å²) >= 11 is 1.67.